The van der Waals surface area contributed by atoms with E-state index in [0.717, 1.165) is 11.3 Å². The summed E-state index contributed by atoms with van der Waals surface area (Å²) in [4.78, 5) is 16.6. The lowest BCUT2D eigenvalue weighted by Crippen LogP contribution is -2.23. The molecule has 0 atom stereocenters. The minimum Gasteiger partial charge on any atom is -0.494 e. The van der Waals surface area contributed by atoms with Gasteiger partial charge in [-0.3, -0.25) is 4.79 Å². The van der Waals surface area contributed by atoms with Crippen molar-refractivity contribution in [1.29, 1.82) is 0 Å². The highest BCUT2D eigenvalue weighted by Crippen LogP contribution is 2.13. The van der Waals surface area contributed by atoms with E-state index in [2.05, 4.69) is 15.4 Å². The molecule has 0 aliphatic heterocycles. The largest absolute Gasteiger partial charge is 0.494 e. The van der Waals surface area contributed by atoms with E-state index in [0.29, 0.717) is 37.0 Å². The zero-order valence-electron chi connectivity index (χ0n) is 14.2. The number of rotatable bonds is 7. The molecule has 130 valence electrons. The minimum atomic E-state index is -0.252. The number of hydrogen-bond donors (Lipinski definition) is 1. The van der Waals surface area contributed by atoms with Crippen LogP contribution in [0.4, 0.5) is 0 Å². The second-order valence-corrected chi connectivity index (χ2v) is 5.29. The van der Waals surface area contributed by atoms with Crippen molar-refractivity contribution in [3.8, 4) is 11.6 Å². The Morgan fingerprint density at radius 2 is 1.84 bits per heavy atom. The Bertz CT molecular complexity index is 858. The molecule has 0 unspecified atom stereocenters. The van der Waals surface area contributed by atoms with Gasteiger partial charge in [-0.25, -0.2) is 9.50 Å². The first-order valence-electron chi connectivity index (χ1n) is 8.18. The molecule has 3 rings (SSSR count). The molecule has 25 heavy (non-hydrogen) atoms. The second kappa shape index (κ2) is 7.65. The lowest BCUT2D eigenvalue weighted by Gasteiger charge is -2.06. The molecule has 2 aromatic heterocycles. The Balaban J connectivity index is 1.65. The van der Waals surface area contributed by atoms with E-state index in [9.17, 15) is 4.79 Å². The summed E-state index contributed by atoms with van der Waals surface area (Å²) in [6.45, 7) is 5.40. The van der Waals surface area contributed by atoms with Gasteiger partial charge < -0.3 is 14.8 Å². The molecule has 7 heteroatoms. The van der Waals surface area contributed by atoms with Crippen molar-refractivity contribution in [2.75, 3.05) is 13.2 Å². The van der Waals surface area contributed by atoms with Gasteiger partial charge in [0.15, 0.2) is 5.65 Å². The monoisotopic (exact) mass is 340 g/mol. The number of imidazole rings is 1. The van der Waals surface area contributed by atoms with Gasteiger partial charge in [-0.2, -0.15) is 0 Å². The van der Waals surface area contributed by atoms with Gasteiger partial charge in [0, 0.05) is 12.6 Å². The van der Waals surface area contributed by atoms with Gasteiger partial charge >= 0.3 is 0 Å². The topological polar surface area (TPSA) is 77.8 Å². The third-order valence-electron chi connectivity index (χ3n) is 3.51. The van der Waals surface area contributed by atoms with Crippen molar-refractivity contribution in [1.82, 2.24) is 19.9 Å². The first kappa shape index (κ1) is 16.8. The van der Waals surface area contributed by atoms with Crippen LogP contribution < -0.4 is 14.8 Å². The number of aromatic nitrogens is 3. The predicted molar refractivity (Wildman–Crippen MR) is 92.9 cm³/mol. The van der Waals surface area contributed by atoms with Gasteiger partial charge in [-0.1, -0.05) is 12.1 Å². The molecule has 0 saturated carbocycles. The van der Waals surface area contributed by atoms with E-state index in [4.69, 9.17) is 9.47 Å². The van der Waals surface area contributed by atoms with Gasteiger partial charge in [0.1, 0.15) is 11.4 Å². The van der Waals surface area contributed by atoms with E-state index in [1.807, 2.05) is 38.1 Å². The zero-order chi connectivity index (χ0) is 17.6. The maximum Gasteiger partial charge on any atom is 0.271 e. The van der Waals surface area contributed by atoms with Crippen molar-refractivity contribution in [3.05, 3.63) is 53.9 Å². The Morgan fingerprint density at radius 1 is 1.08 bits per heavy atom. The smallest absolute Gasteiger partial charge is 0.271 e. The first-order chi connectivity index (χ1) is 12.2. The summed E-state index contributed by atoms with van der Waals surface area (Å²) in [6.07, 6.45) is 1.59. The molecule has 1 amide bonds. The number of carbonyl (C=O) groups excluding carboxylic acids is 1. The number of nitrogens with zero attached hydrogens (tertiary/aromatic N) is 3. The SMILES string of the molecule is CCOc1ccc(CNC(=O)c2cn3nc(OCC)ccc3n2)cc1. The summed E-state index contributed by atoms with van der Waals surface area (Å²) in [5.74, 6) is 1.06. The molecule has 1 aromatic carbocycles. The Morgan fingerprint density at radius 3 is 2.56 bits per heavy atom. The summed E-state index contributed by atoms with van der Waals surface area (Å²) in [5, 5.41) is 7.10. The number of fused-ring (bicyclic) bond motifs is 1. The first-order valence-corrected chi connectivity index (χ1v) is 8.18. The maximum atomic E-state index is 12.3. The van der Waals surface area contributed by atoms with Gasteiger partial charge in [-0.15, -0.1) is 5.10 Å². The predicted octanol–water partition coefficient (Wildman–Crippen LogP) is 2.46. The standard InChI is InChI=1S/C18H20N4O3/c1-3-24-14-7-5-13(6-8-14)11-19-18(23)15-12-22-16(20-15)9-10-17(21-22)25-4-2/h5-10,12H,3-4,11H2,1-2H3,(H,19,23). The van der Waals surface area contributed by atoms with Crippen LogP contribution in [0.2, 0.25) is 0 Å². The van der Waals surface area contributed by atoms with Crippen LogP contribution in [0, 0.1) is 0 Å². The van der Waals surface area contributed by atoms with E-state index < -0.39 is 0 Å². The van der Waals surface area contributed by atoms with Gasteiger partial charge in [0.25, 0.3) is 5.91 Å². The fourth-order valence-corrected chi connectivity index (χ4v) is 2.34. The number of benzene rings is 1. The lowest BCUT2D eigenvalue weighted by atomic mass is 10.2. The van der Waals surface area contributed by atoms with Crippen LogP contribution in [0.25, 0.3) is 5.65 Å². The Hall–Kier alpha value is -3.09. The molecule has 7 nitrogen and oxygen atoms in total. The lowest BCUT2D eigenvalue weighted by molar-refractivity contribution is 0.0946. The van der Waals surface area contributed by atoms with Crippen LogP contribution in [0.3, 0.4) is 0 Å². The number of carbonyl (C=O) groups is 1. The molecule has 3 aromatic rings. The van der Waals surface area contributed by atoms with E-state index in [-0.39, 0.29) is 5.91 Å². The van der Waals surface area contributed by atoms with E-state index in [1.165, 1.54) is 4.52 Å². The van der Waals surface area contributed by atoms with Crippen molar-refractivity contribution < 1.29 is 14.3 Å². The van der Waals surface area contributed by atoms with Crippen LogP contribution >= 0.6 is 0 Å². The molecule has 0 radical (unpaired) electrons. The zero-order valence-corrected chi connectivity index (χ0v) is 14.2. The molecule has 0 saturated heterocycles. The average molecular weight is 340 g/mol. The van der Waals surface area contributed by atoms with Crippen molar-refractivity contribution in [2.24, 2.45) is 0 Å². The number of nitrogens with one attached hydrogen (secondary N) is 1. The Kier molecular flexibility index (Phi) is 5.13. The van der Waals surface area contributed by atoms with Gasteiger partial charge in [0.2, 0.25) is 5.88 Å². The molecular formula is C18H20N4O3. The summed E-state index contributed by atoms with van der Waals surface area (Å²) in [7, 11) is 0. The van der Waals surface area contributed by atoms with Crippen LogP contribution in [0.5, 0.6) is 11.6 Å². The summed E-state index contributed by atoms with van der Waals surface area (Å²) in [5.41, 5.74) is 1.89. The second-order valence-electron chi connectivity index (χ2n) is 5.29. The van der Waals surface area contributed by atoms with E-state index in [1.54, 1.807) is 18.3 Å². The van der Waals surface area contributed by atoms with Crippen molar-refractivity contribution in [3.63, 3.8) is 0 Å². The van der Waals surface area contributed by atoms with Crippen LogP contribution in [-0.4, -0.2) is 33.7 Å². The summed E-state index contributed by atoms with van der Waals surface area (Å²) >= 11 is 0. The molecule has 0 bridgehead atoms. The third-order valence-corrected chi connectivity index (χ3v) is 3.51. The van der Waals surface area contributed by atoms with Crippen LogP contribution in [-0.2, 0) is 6.54 Å². The molecule has 0 fully saturated rings. The van der Waals surface area contributed by atoms with Gasteiger partial charge in [-0.05, 0) is 37.6 Å². The molecule has 2 heterocycles. The average Bonchev–Trinajstić information content (AvgIpc) is 3.05. The maximum absolute atomic E-state index is 12.3. The fourth-order valence-electron chi connectivity index (χ4n) is 2.34. The molecule has 1 N–H and O–H groups in total. The highest BCUT2D eigenvalue weighted by Gasteiger charge is 2.11. The quantitative estimate of drug-likeness (QED) is 0.715. The highest BCUT2D eigenvalue weighted by molar-refractivity contribution is 5.92. The van der Waals surface area contributed by atoms with Crippen LogP contribution in [0.1, 0.15) is 29.9 Å². The number of ether oxygens (including phenoxy) is 2. The highest BCUT2D eigenvalue weighted by atomic mass is 16.5. The molecule has 0 aliphatic rings. The van der Waals surface area contributed by atoms with Crippen molar-refractivity contribution in [2.45, 2.75) is 20.4 Å². The molecule has 0 aliphatic carbocycles. The fraction of sp³-hybridized carbons (Fsp3) is 0.278. The molecule has 0 spiro atoms. The van der Waals surface area contributed by atoms with Crippen LogP contribution in [0.15, 0.2) is 42.6 Å². The minimum absolute atomic E-state index is 0.252. The summed E-state index contributed by atoms with van der Waals surface area (Å²) < 4.78 is 12.3. The van der Waals surface area contributed by atoms with Crippen molar-refractivity contribution >= 4 is 11.6 Å². The summed E-state index contributed by atoms with van der Waals surface area (Å²) in [6, 6.07) is 11.1. The number of amides is 1. The molecular weight excluding hydrogens is 320 g/mol. The Labute approximate surface area is 145 Å². The third kappa shape index (κ3) is 4.06. The normalized spacial score (nSPS) is 10.6. The number of hydrogen-bond acceptors (Lipinski definition) is 5. The van der Waals surface area contributed by atoms with Gasteiger partial charge in [0.05, 0.1) is 19.4 Å². The van der Waals surface area contributed by atoms with E-state index >= 15 is 0 Å².